The molecule has 3 heteroatoms. The molecule has 0 spiro atoms. The molecule has 9 atom stereocenters. The smallest absolute Gasteiger partial charge is 0.159 e. The number of hydrogen-bond donors (Lipinski definition) is 2. The van der Waals surface area contributed by atoms with Gasteiger partial charge in [0.25, 0.3) is 0 Å². The van der Waals surface area contributed by atoms with E-state index in [0.29, 0.717) is 47.9 Å². The maximum Gasteiger partial charge on any atom is 0.159 e. The van der Waals surface area contributed by atoms with E-state index in [1.807, 2.05) is 6.08 Å². The van der Waals surface area contributed by atoms with Crippen LogP contribution in [0.2, 0.25) is 0 Å². The van der Waals surface area contributed by atoms with E-state index < -0.39 is 0 Å². The van der Waals surface area contributed by atoms with Crippen LogP contribution in [0.25, 0.3) is 0 Å². The van der Waals surface area contributed by atoms with E-state index >= 15 is 0 Å². The molecule has 3 saturated carbocycles. The number of carbonyl (C=O) groups excluding carboxylic acids is 1. The molecule has 2 unspecified atom stereocenters. The molecule has 0 bridgehead atoms. The number of carbonyl (C=O) groups is 1. The fourth-order valence-electron chi connectivity index (χ4n) is 8.44. The van der Waals surface area contributed by atoms with Crippen molar-refractivity contribution >= 4 is 5.78 Å². The second kappa shape index (κ2) is 8.35. The van der Waals surface area contributed by atoms with Crippen LogP contribution in [0.3, 0.4) is 0 Å². The van der Waals surface area contributed by atoms with Crippen molar-refractivity contribution in [2.75, 3.05) is 6.61 Å². The van der Waals surface area contributed by atoms with Crippen LogP contribution in [0.15, 0.2) is 11.6 Å². The lowest BCUT2D eigenvalue weighted by molar-refractivity contribution is -0.135. The molecule has 4 aliphatic rings. The van der Waals surface area contributed by atoms with Crippen molar-refractivity contribution in [2.24, 2.45) is 46.3 Å². The minimum atomic E-state index is -0.257. The standard InChI is InChI=1S/C27H44O3/c1-17(16-28)6-5-7-18(2)21-8-9-22-25-23(11-13-27(21,22)4)26(3)12-10-20(29)14-19(26)15-24(25)30/h15,17-18,20-23,25,28-29H,5-14,16H2,1-4H3/t17?,18?,20-,21+,22-,23-,25-,26-,27+/m0/s1. The summed E-state index contributed by atoms with van der Waals surface area (Å²) in [5.74, 6) is 3.45. The van der Waals surface area contributed by atoms with Gasteiger partial charge >= 0.3 is 0 Å². The topological polar surface area (TPSA) is 57.5 Å². The molecular weight excluding hydrogens is 372 g/mol. The molecule has 30 heavy (non-hydrogen) atoms. The Morgan fingerprint density at radius 3 is 2.57 bits per heavy atom. The molecule has 3 nitrogen and oxygen atoms in total. The average molecular weight is 417 g/mol. The lowest BCUT2D eigenvalue weighted by Gasteiger charge is -2.57. The summed E-state index contributed by atoms with van der Waals surface area (Å²) in [6.07, 6.45) is 12.9. The lowest BCUT2D eigenvalue weighted by atomic mass is 9.46. The van der Waals surface area contributed by atoms with Crippen LogP contribution >= 0.6 is 0 Å². The predicted octanol–water partition coefficient (Wildman–Crippen LogP) is 5.54. The maximum atomic E-state index is 13.4. The summed E-state index contributed by atoms with van der Waals surface area (Å²) in [6.45, 7) is 9.79. The molecule has 2 N–H and O–H groups in total. The first-order valence-corrected chi connectivity index (χ1v) is 12.7. The van der Waals surface area contributed by atoms with Gasteiger partial charge in [-0.1, -0.05) is 46.1 Å². The maximum absolute atomic E-state index is 13.4. The fraction of sp³-hybridized carbons (Fsp3) is 0.889. The normalized spacial score (nSPS) is 45.2. The second-order valence-corrected chi connectivity index (χ2v) is 12.0. The van der Waals surface area contributed by atoms with Gasteiger partial charge in [-0.3, -0.25) is 4.79 Å². The van der Waals surface area contributed by atoms with Crippen LogP contribution in [0.1, 0.15) is 91.9 Å². The Morgan fingerprint density at radius 1 is 1.07 bits per heavy atom. The van der Waals surface area contributed by atoms with Crippen molar-refractivity contribution < 1.29 is 15.0 Å². The third-order valence-electron chi connectivity index (χ3n) is 10.3. The van der Waals surface area contributed by atoms with E-state index in [4.69, 9.17) is 0 Å². The molecule has 0 saturated heterocycles. The van der Waals surface area contributed by atoms with Crippen molar-refractivity contribution in [1.82, 2.24) is 0 Å². The van der Waals surface area contributed by atoms with Gasteiger partial charge < -0.3 is 10.2 Å². The Balaban J connectivity index is 1.51. The monoisotopic (exact) mass is 416 g/mol. The van der Waals surface area contributed by atoms with Crippen molar-refractivity contribution in [2.45, 2.75) is 98.0 Å². The van der Waals surface area contributed by atoms with Crippen LogP contribution < -0.4 is 0 Å². The number of allylic oxidation sites excluding steroid dienone is 1. The number of aliphatic hydroxyl groups is 2. The van der Waals surface area contributed by atoms with Gasteiger partial charge in [-0.15, -0.1) is 0 Å². The summed E-state index contributed by atoms with van der Waals surface area (Å²) in [4.78, 5) is 13.4. The number of aliphatic hydroxyl groups excluding tert-OH is 2. The zero-order valence-corrected chi connectivity index (χ0v) is 19.7. The Labute approximate surface area is 183 Å². The molecule has 0 amide bonds. The highest BCUT2D eigenvalue weighted by atomic mass is 16.3. The van der Waals surface area contributed by atoms with E-state index in [2.05, 4.69) is 27.7 Å². The summed E-state index contributed by atoms with van der Waals surface area (Å²) in [7, 11) is 0. The Bertz CT molecular complexity index is 684. The van der Waals surface area contributed by atoms with Crippen molar-refractivity contribution in [3.63, 3.8) is 0 Å². The van der Waals surface area contributed by atoms with E-state index in [9.17, 15) is 15.0 Å². The molecule has 0 radical (unpaired) electrons. The van der Waals surface area contributed by atoms with Crippen LogP contribution in [0.5, 0.6) is 0 Å². The fourth-order valence-corrected chi connectivity index (χ4v) is 8.44. The first kappa shape index (κ1) is 22.5. The third kappa shape index (κ3) is 3.62. The van der Waals surface area contributed by atoms with Gasteiger partial charge in [0.15, 0.2) is 5.78 Å². The van der Waals surface area contributed by atoms with E-state index in [1.54, 1.807) is 0 Å². The van der Waals surface area contributed by atoms with Gasteiger partial charge in [0.2, 0.25) is 0 Å². The molecule has 0 aromatic heterocycles. The molecular formula is C27H44O3. The SMILES string of the molecule is CC(CO)CCCC(C)[C@H]1CC[C@H]2[C@@H]3C(=O)C=C4C[C@@H](O)CC[C@]4(C)[C@H]3CC[C@]12C. The van der Waals surface area contributed by atoms with Crippen LogP contribution in [0.4, 0.5) is 0 Å². The highest BCUT2D eigenvalue weighted by Crippen LogP contribution is 2.66. The molecule has 0 aromatic carbocycles. The van der Waals surface area contributed by atoms with E-state index in [0.717, 1.165) is 25.2 Å². The van der Waals surface area contributed by atoms with Crippen LogP contribution in [-0.2, 0) is 4.79 Å². The Hall–Kier alpha value is -0.670. The van der Waals surface area contributed by atoms with E-state index in [1.165, 1.54) is 44.1 Å². The van der Waals surface area contributed by atoms with Crippen molar-refractivity contribution in [1.29, 1.82) is 0 Å². The van der Waals surface area contributed by atoms with Gasteiger partial charge in [0.1, 0.15) is 0 Å². The number of rotatable bonds is 6. The number of ketones is 1. The number of fused-ring (bicyclic) bond motifs is 5. The molecule has 0 heterocycles. The highest BCUT2D eigenvalue weighted by Gasteiger charge is 2.61. The predicted molar refractivity (Wildman–Crippen MR) is 121 cm³/mol. The summed E-state index contributed by atoms with van der Waals surface area (Å²) >= 11 is 0. The molecule has 0 aromatic rings. The molecule has 4 aliphatic carbocycles. The molecule has 3 fully saturated rings. The number of hydrogen-bond acceptors (Lipinski definition) is 3. The van der Waals surface area contributed by atoms with Gasteiger partial charge in [0.05, 0.1) is 6.10 Å². The minimum absolute atomic E-state index is 0.128. The summed E-state index contributed by atoms with van der Waals surface area (Å²) in [6, 6.07) is 0. The van der Waals surface area contributed by atoms with Crippen molar-refractivity contribution in [3.05, 3.63) is 11.6 Å². The largest absolute Gasteiger partial charge is 0.396 e. The highest BCUT2D eigenvalue weighted by molar-refractivity contribution is 5.94. The van der Waals surface area contributed by atoms with Gasteiger partial charge in [-0.05, 0) is 97.9 Å². The average Bonchev–Trinajstić information content (AvgIpc) is 3.06. The third-order valence-corrected chi connectivity index (χ3v) is 10.3. The molecule has 4 rings (SSSR count). The van der Waals surface area contributed by atoms with Gasteiger partial charge in [-0.2, -0.15) is 0 Å². The first-order valence-electron chi connectivity index (χ1n) is 12.7. The summed E-state index contributed by atoms with van der Waals surface area (Å²) in [5, 5.41) is 19.5. The summed E-state index contributed by atoms with van der Waals surface area (Å²) < 4.78 is 0. The van der Waals surface area contributed by atoms with Gasteiger partial charge in [0, 0.05) is 12.5 Å². The minimum Gasteiger partial charge on any atom is -0.396 e. The molecule has 170 valence electrons. The molecule has 0 aliphatic heterocycles. The quantitative estimate of drug-likeness (QED) is 0.598. The van der Waals surface area contributed by atoms with E-state index in [-0.39, 0.29) is 17.4 Å². The van der Waals surface area contributed by atoms with Crippen molar-refractivity contribution in [3.8, 4) is 0 Å². The summed E-state index contributed by atoms with van der Waals surface area (Å²) in [5.41, 5.74) is 1.68. The lowest BCUT2D eigenvalue weighted by Crippen LogP contribution is -2.53. The Morgan fingerprint density at radius 2 is 1.83 bits per heavy atom. The Kier molecular flexibility index (Phi) is 6.27. The zero-order valence-electron chi connectivity index (χ0n) is 19.7. The first-order chi connectivity index (χ1) is 14.2. The van der Waals surface area contributed by atoms with Gasteiger partial charge in [-0.25, -0.2) is 0 Å². The zero-order chi connectivity index (χ0) is 21.7. The second-order valence-electron chi connectivity index (χ2n) is 12.0. The van der Waals surface area contributed by atoms with Crippen LogP contribution in [0, 0.1) is 46.3 Å². The van der Waals surface area contributed by atoms with Crippen LogP contribution in [-0.4, -0.2) is 28.7 Å².